The fourth-order valence-corrected chi connectivity index (χ4v) is 3.17. The highest BCUT2D eigenvalue weighted by Gasteiger charge is 2.49. The molecule has 8 heteroatoms. The molecule has 0 bridgehead atoms. The van der Waals surface area contributed by atoms with Gasteiger partial charge >= 0.3 is 6.03 Å². The molecular weight excluding hydrogens is 367 g/mol. The van der Waals surface area contributed by atoms with Gasteiger partial charge in [-0.3, -0.25) is 9.69 Å². The smallest absolute Gasteiger partial charge is 0.325 e. The van der Waals surface area contributed by atoms with E-state index < -0.39 is 23.3 Å². The van der Waals surface area contributed by atoms with E-state index >= 15 is 0 Å². The molecule has 2 aromatic rings. The van der Waals surface area contributed by atoms with Gasteiger partial charge < -0.3 is 19.5 Å². The first-order valence-electron chi connectivity index (χ1n) is 8.53. The minimum atomic E-state index is -1.28. The van der Waals surface area contributed by atoms with Crippen molar-refractivity contribution in [3.05, 3.63) is 53.3 Å². The zero-order chi connectivity index (χ0) is 20.5. The van der Waals surface area contributed by atoms with Crippen molar-refractivity contribution in [1.29, 1.82) is 0 Å². The number of rotatable bonds is 6. The average Bonchev–Trinajstić information content (AvgIpc) is 2.91. The normalized spacial score (nSPS) is 18.8. The van der Waals surface area contributed by atoms with Crippen LogP contribution < -0.4 is 19.5 Å². The van der Waals surface area contributed by atoms with Crippen molar-refractivity contribution in [2.24, 2.45) is 0 Å². The standard InChI is InChI=1S/C20H21FN2O5/c1-20(13-6-8-16(27-3)17(10-13)28-4)18(24)23(19(25)22-20)11-12-5-7-15(26-2)14(21)9-12/h5-10H,11H2,1-4H3,(H,22,25)/t20-/m0/s1. The van der Waals surface area contributed by atoms with Crippen LogP contribution in [0.2, 0.25) is 0 Å². The fraction of sp³-hybridized carbons (Fsp3) is 0.300. The topological polar surface area (TPSA) is 77.1 Å². The number of hydrogen-bond acceptors (Lipinski definition) is 5. The van der Waals surface area contributed by atoms with Crippen molar-refractivity contribution in [2.75, 3.05) is 21.3 Å². The number of imide groups is 1. The number of carbonyl (C=O) groups is 2. The summed E-state index contributed by atoms with van der Waals surface area (Å²) in [6.07, 6.45) is 0. The maximum absolute atomic E-state index is 13.9. The lowest BCUT2D eigenvalue weighted by molar-refractivity contribution is -0.131. The van der Waals surface area contributed by atoms with Gasteiger partial charge in [-0.1, -0.05) is 12.1 Å². The Morgan fingerprint density at radius 1 is 0.964 bits per heavy atom. The molecule has 1 aliphatic rings. The number of amides is 3. The van der Waals surface area contributed by atoms with Crippen LogP contribution in [0.25, 0.3) is 0 Å². The van der Waals surface area contributed by atoms with Crippen LogP contribution in [-0.2, 0) is 16.9 Å². The van der Waals surface area contributed by atoms with Crippen LogP contribution in [0.3, 0.4) is 0 Å². The highest BCUT2D eigenvalue weighted by Crippen LogP contribution is 2.35. The summed E-state index contributed by atoms with van der Waals surface area (Å²) in [7, 11) is 4.37. The Kier molecular flexibility index (Phi) is 5.13. The molecule has 28 heavy (non-hydrogen) atoms. The second-order valence-electron chi connectivity index (χ2n) is 6.49. The van der Waals surface area contributed by atoms with Crippen LogP contribution in [0, 0.1) is 5.82 Å². The number of carbonyl (C=O) groups excluding carboxylic acids is 2. The van der Waals surface area contributed by atoms with E-state index in [1.54, 1.807) is 31.2 Å². The van der Waals surface area contributed by atoms with Crippen molar-refractivity contribution in [3.63, 3.8) is 0 Å². The Balaban J connectivity index is 1.89. The summed E-state index contributed by atoms with van der Waals surface area (Å²) >= 11 is 0. The zero-order valence-electron chi connectivity index (χ0n) is 16.0. The van der Waals surface area contributed by atoms with E-state index in [4.69, 9.17) is 14.2 Å². The number of nitrogens with zero attached hydrogens (tertiary/aromatic N) is 1. The van der Waals surface area contributed by atoms with Gasteiger partial charge in [-0.2, -0.15) is 0 Å². The summed E-state index contributed by atoms with van der Waals surface area (Å²) in [6.45, 7) is 1.55. The van der Waals surface area contributed by atoms with Gasteiger partial charge in [0.2, 0.25) is 0 Å². The molecule has 0 unspecified atom stereocenters. The van der Waals surface area contributed by atoms with Crippen LogP contribution in [0.1, 0.15) is 18.1 Å². The number of ether oxygens (including phenoxy) is 3. The van der Waals surface area contributed by atoms with Crippen molar-refractivity contribution >= 4 is 11.9 Å². The maximum Gasteiger partial charge on any atom is 0.325 e. The minimum Gasteiger partial charge on any atom is -0.494 e. The molecular formula is C20H21FN2O5. The number of halogens is 1. The third-order valence-electron chi connectivity index (χ3n) is 4.79. The predicted octanol–water partition coefficient (Wildman–Crippen LogP) is 2.82. The van der Waals surface area contributed by atoms with Gasteiger partial charge in [0, 0.05) is 0 Å². The van der Waals surface area contributed by atoms with Crippen molar-refractivity contribution < 1.29 is 28.2 Å². The lowest BCUT2D eigenvalue weighted by Gasteiger charge is -2.23. The van der Waals surface area contributed by atoms with E-state index in [1.165, 1.54) is 33.5 Å². The van der Waals surface area contributed by atoms with E-state index in [-0.39, 0.29) is 12.3 Å². The SMILES string of the molecule is COc1ccc(CN2C(=O)N[C@@](C)(c3ccc(OC)c(OC)c3)C2=O)cc1F. The van der Waals surface area contributed by atoms with E-state index in [0.717, 1.165) is 4.90 Å². The summed E-state index contributed by atoms with van der Waals surface area (Å²) in [5.41, 5.74) is -0.257. The zero-order valence-corrected chi connectivity index (χ0v) is 16.0. The number of benzene rings is 2. The third kappa shape index (κ3) is 3.21. The van der Waals surface area contributed by atoms with Gasteiger partial charge in [0.15, 0.2) is 23.1 Å². The molecule has 3 amide bonds. The van der Waals surface area contributed by atoms with Gasteiger partial charge in [-0.15, -0.1) is 0 Å². The maximum atomic E-state index is 13.9. The lowest BCUT2D eigenvalue weighted by Crippen LogP contribution is -2.40. The molecule has 0 aromatic heterocycles. The van der Waals surface area contributed by atoms with Gasteiger partial charge in [0.1, 0.15) is 5.54 Å². The summed E-state index contributed by atoms with van der Waals surface area (Å²) in [4.78, 5) is 26.6. The molecule has 0 aliphatic carbocycles. The Hall–Kier alpha value is -3.29. The molecule has 148 valence electrons. The quantitative estimate of drug-likeness (QED) is 0.770. The number of methoxy groups -OCH3 is 3. The van der Waals surface area contributed by atoms with E-state index in [9.17, 15) is 14.0 Å². The van der Waals surface area contributed by atoms with Crippen LogP contribution in [-0.4, -0.2) is 38.2 Å². The van der Waals surface area contributed by atoms with Crippen molar-refractivity contribution in [2.45, 2.75) is 19.0 Å². The minimum absolute atomic E-state index is 0.0611. The van der Waals surface area contributed by atoms with Crippen molar-refractivity contribution in [3.8, 4) is 17.2 Å². The van der Waals surface area contributed by atoms with Crippen molar-refractivity contribution in [1.82, 2.24) is 10.2 Å². The molecule has 0 spiro atoms. The molecule has 1 aliphatic heterocycles. The number of urea groups is 1. The number of hydrogen-bond donors (Lipinski definition) is 1. The predicted molar refractivity (Wildman–Crippen MR) is 98.9 cm³/mol. The van der Waals surface area contributed by atoms with Gasteiger partial charge in [-0.05, 0) is 42.3 Å². The highest BCUT2D eigenvalue weighted by atomic mass is 19.1. The fourth-order valence-electron chi connectivity index (χ4n) is 3.17. The molecule has 0 radical (unpaired) electrons. The van der Waals surface area contributed by atoms with E-state index in [2.05, 4.69) is 5.32 Å². The molecule has 1 atom stereocenters. The summed E-state index contributed by atoms with van der Waals surface area (Å²) in [5.74, 6) is 0.0444. The molecule has 0 saturated carbocycles. The third-order valence-corrected chi connectivity index (χ3v) is 4.79. The number of nitrogens with one attached hydrogen (secondary N) is 1. The van der Waals surface area contributed by atoms with E-state index in [1.807, 2.05) is 0 Å². The summed E-state index contributed by atoms with van der Waals surface area (Å²) in [5, 5.41) is 2.72. The van der Waals surface area contributed by atoms with Crippen LogP contribution in [0.15, 0.2) is 36.4 Å². The summed E-state index contributed by atoms with van der Waals surface area (Å²) in [6, 6.07) is 8.75. The largest absolute Gasteiger partial charge is 0.494 e. The molecule has 1 N–H and O–H groups in total. The Bertz CT molecular complexity index is 933. The lowest BCUT2D eigenvalue weighted by atomic mass is 9.91. The van der Waals surface area contributed by atoms with Gasteiger partial charge in [0.25, 0.3) is 5.91 Å². The van der Waals surface area contributed by atoms with Crippen LogP contribution in [0.5, 0.6) is 17.2 Å². The molecule has 3 rings (SSSR count). The molecule has 7 nitrogen and oxygen atoms in total. The monoisotopic (exact) mass is 388 g/mol. The Morgan fingerprint density at radius 2 is 1.61 bits per heavy atom. The van der Waals surface area contributed by atoms with E-state index in [0.29, 0.717) is 22.6 Å². The molecule has 1 fully saturated rings. The van der Waals surface area contributed by atoms with Crippen LogP contribution in [0.4, 0.5) is 9.18 Å². The average molecular weight is 388 g/mol. The summed E-state index contributed by atoms with van der Waals surface area (Å²) < 4.78 is 29.3. The Labute approximate surface area is 162 Å². The first-order valence-corrected chi connectivity index (χ1v) is 8.53. The first kappa shape index (κ1) is 19.5. The van der Waals surface area contributed by atoms with Gasteiger partial charge in [0.05, 0.1) is 27.9 Å². The van der Waals surface area contributed by atoms with Gasteiger partial charge in [-0.25, -0.2) is 9.18 Å². The second-order valence-corrected chi connectivity index (χ2v) is 6.49. The Morgan fingerprint density at radius 3 is 2.21 bits per heavy atom. The van der Waals surface area contributed by atoms with Crippen LogP contribution >= 0.6 is 0 Å². The first-order chi connectivity index (χ1) is 13.3. The highest BCUT2D eigenvalue weighted by molar-refractivity contribution is 6.07. The molecule has 1 heterocycles. The molecule has 1 saturated heterocycles. The second kappa shape index (κ2) is 7.38. The molecule has 2 aromatic carbocycles.